The van der Waals surface area contributed by atoms with Gasteiger partial charge in [-0.2, -0.15) is 0 Å². The van der Waals surface area contributed by atoms with Crippen LogP contribution in [-0.4, -0.2) is 46.8 Å². The molecule has 1 aliphatic heterocycles. The van der Waals surface area contributed by atoms with Crippen LogP contribution in [0.2, 0.25) is 0 Å². The minimum absolute atomic E-state index is 0.321. The maximum Gasteiger partial charge on any atom is 0.328 e. The minimum Gasteiger partial charge on any atom is -0.480 e. The highest BCUT2D eigenvalue weighted by molar-refractivity contribution is 5.90. The summed E-state index contributed by atoms with van der Waals surface area (Å²) in [6.45, 7) is 2.16. The van der Waals surface area contributed by atoms with Gasteiger partial charge in [-0.25, -0.2) is 4.79 Å². The topological polar surface area (TPSA) is 98.7 Å². The van der Waals surface area contributed by atoms with Crippen LogP contribution < -0.4 is 10.6 Å². The molecule has 0 aromatic heterocycles. The highest BCUT2D eigenvalue weighted by atomic mass is 16.4. The molecule has 1 saturated heterocycles. The third kappa shape index (κ3) is 3.17. The fourth-order valence-electron chi connectivity index (χ4n) is 2.24. The second-order valence-electron chi connectivity index (χ2n) is 4.41. The van der Waals surface area contributed by atoms with Crippen molar-refractivity contribution in [1.29, 1.82) is 0 Å². The van der Waals surface area contributed by atoms with Crippen molar-refractivity contribution in [3.63, 3.8) is 0 Å². The van der Waals surface area contributed by atoms with Gasteiger partial charge in [-0.15, -0.1) is 0 Å². The largest absolute Gasteiger partial charge is 0.480 e. The number of carbonyl (C=O) groups is 2. The molecular weight excluding hydrogens is 224 g/mol. The number of rotatable bonds is 6. The van der Waals surface area contributed by atoms with Gasteiger partial charge in [-0.1, -0.05) is 13.3 Å². The first-order chi connectivity index (χ1) is 8.05. The minimum atomic E-state index is -1.22. The van der Waals surface area contributed by atoms with Crippen molar-refractivity contribution in [3.05, 3.63) is 0 Å². The van der Waals surface area contributed by atoms with Crippen molar-refractivity contribution in [2.24, 2.45) is 0 Å². The Bertz CT molecular complexity index is 287. The molecule has 17 heavy (non-hydrogen) atoms. The summed E-state index contributed by atoms with van der Waals surface area (Å²) in [7, 11) is 0. The Labute approximate surface area is 100 Å². The molecule has 2 atom stereocenters. The van der Waals surface area contributed by atoms with E-state index in [0.29, 0.717) is 12.8 Å². The number of hydrogen-bond acceptors (Lipinski definition) is 4. The van der Waals surface area contributed by atoms with E-state index >= 15 is 0 Å². The van der Waals surface area contributed by atoms with Crippen molar-refractivity contribution in [3.8, 4) is 0 Å². The van der Waals surface area contributed by atoms with Gasteiger partial charge >= 0.3 is 5.97 Å². The van der Waals surface area contributed by atoms with Gasteiger partial charge in [0.2, 0.25) is 5.91 Å². The van der Waals surface area contributed by atoms with Gasteiger partial charge in [0, 0.05) is 0 Å². The van der Waals surface area contributed by atoms with Crippen LogP contribution in [0.4, 0.5) is 0 Å². The van der Waals surface area contributed by atoms with Gasteiger partial charge in [0.25, 0.3) is 0 Å². The average Bonchev–Trinajstić information content (AvgIpc) is 2.75. The van der Waals surface area contributed by atoms with Crippen molar-refractivity contribution in [1.82, 2.24) is 10.6 Å². The lowest BCUT2D eigenvalue weighted by Crippen LogP contribution is -2.57. The first kappa shape index (κ1) is 13.9. The Morgan fingerprint density at radius 2 is 2.24 bits per heavy atom. The summed E-state index contributed by atoms with van der Waals surface area (Å²) in [5.74, 6) is -1.54. The maximum absolute atomic E-state index is 12.1. The van der Waals surface area contributed by atoms with E-state index in [4.69, 9.17) is 10.2 Å². The lowest BCUT2D eigenvalue weighted by Gasteiger charge is -2.29. The molecule has 6 nitrogen and oxygen atoms in total. The van der Waals surface area contributed by atoms with Crippen LogP contribution in [0.3, 0.4) is 0 Å². The van der Waals surface area contributed by atoms with Gasteiger partial charge in [0.05, 0.1) is 12.1 Å². The number of carboxylic acid groups (broad SMARTS) is 1. The third-order valence-corrected chi connectivity index (χ3v) is 3.14. The van der Waals surface area contributed by atoms with Crippen molar-refractivity contribution in [2.75, 3.05) is 13.2 Å². The Kier molecular flexibility index (Phi) is 4.89. The Morgan fingerprint density at radius 3 is 2.65 bits per heavy atom. The van der Waals surface area contributed by atoms with E-state index in [0.717, 1.165) is 19.4 Å². The molecular formula is C11H20N2O4. The van der Waals surface area contributed by atoms with Gasteiger partial charge < -0.3 is 20.8 Å². The first-order valence-corrected chi connectivity index (χ1v) is 5.95. The highest BCUT2D eigenvalue weighted by Gasteiger charge is 2.41. The fraction of sp³-hybridized carbons (Fsp3) is 0.818. The average molecular weight is 244 g/mol. The lowest BCUT2D eigenvalue weighted by atomic mass is 9.90. The van der Waals surface area contributed by atoms with Gasteiger partial charge in [-0.05, 0) is 25.8 Å². The molecule has 6 heteroatoms. The SMILES string of the molecule is CCCC1(C(=O)N[C@H](CO)C(=O)O)CCCN1. The number of nitrogens with one attached hydrogen (secondary N) is 2. The number of hydrogen-bond donors (Lipinski definition) is 4. The molecule has 1 amide bonds. The summed E-state index contributed by atoms with van der Waals surface area (Å²) >= 11 is 0. The molecule has 0 aromatic rings. The summed E-state index contributed by atoms with van der Waals surface area (Å²) < 4.78 is 0. The molecule has 1 unspecified atom stereocenters. The van der Waals surface area contributed by atoms with Crippen LogP contribution in [0.1, 0.15) is 32.6 Å². The molecule has 1 heterocycles. The van der Waals surface area contributed by atoms with Crippen molar-refractivity contribution >= 4 is 11.9 Å². The van der Waals surface area contributed by atoms with Gasteiger partial charge in [-0.3, -0.25) is 4.79 Å². The number of amides is 1. The van der Waals surface area contributed by atoms with Gasteiger partial charge in [0.15, 0.2) is 0 Å². The quantitative estimate of drug-likeness (QED) is 0.503. The van der Waals surface area contributed by atoms with Crippen LogP contribution in [0, 0.1) is 0 Å². The molecule has 1 rings (SSSR count). The number of carboxylic acids is 1. The van der Waals surface area contributed by atoms with E-state index < -0.39 is 24.2 Å². The van der Waals surface area contributed by atoms with E-state index in [2.05, 4.69) is 10.6 Å². The summed E-state index contributed by atoms with van der Waals surface area (Å²) in [4.78, 5) is 22.8. The molecule has 98 valence electrons. The number of carbonyl (C=O) groups excluding carboxylic acids is 1. The van der Waals surface area contributed by atoms with Crippen molar-refractivity contribution < 1.29 is 19.8 Å². The standard InChI is InChI=1S/C11H20N2O4/c1-2-4-11(5-3-6-12-11)10(17)13-8(7-14)9(15)16/h8,12,14H,2-7H2,1H3,(H,13,17)(H,15,16)/t8-,11?/m1/s1. The van der Waals surface area contributed by atoms with E-state index in [1.807, 2.05) is 6.92 Å². The molecule has 1 aliphatic rings. The smallest absolute Gasteiger partial charge is 0.328 e. The molecule has 1 fully saturated rings. The fourth-order valence-corrected chi connectivity index (χ4v) is 2.24. The van der Waals surface area contributed by atoms with E-state index in [1.165, 1.54) is 0 Å². The monoisotopic (exact) mass is 244 g/mol. The van der Waals surface area contributed by atoms with E-state index in [1.54, 1.807) is 0 Å². The van der Waals surface area contributed by atoms with Crippen molar-refractivity contribution in [2.45, 2.75) is 44.2 Å². The van der Waals surface area contributed by atoms with Gasteiger partial charge in [0.1, 0.15) is 6.04 Å². The molecule has 0 spiro atoms. The number of aliphatic carboxylic acids is 1. The zero-order valence-corrected chi connectivity index (χ0v) is 10.0. The van der Waals surface area contributed by atoms with Crippen LogP contribution in [0.25, 0.3) is 0 Å². The number of aliphatic hydroxyl groups excluding tert-OH is 1. The predicted molar refractivity (Wildman–Crippen MR) is 61.5 cm³/mol. The second-order valence-corrected chi connectivity index (χ2v) is 4.41. The normalized spacial score (nSPS) is 25.5. The number of aliphatic hydroxyl groups is 1. The Balaban J connectivity index is 2.68. The van der Waals surface area contributed by atoms with E-state index in [-0.39, 0.29) is 5.91 Å². The predicted octanol–water partition coefficient (Wildman–Crippen LogP) is -0.530. The molecule has 0 radical (unpaired) electrons. The van der Waals surface area contributed by atoms with Crippen LogP contribution >= 0.6 is 0 Å². The molecule has 0 bridgehead atoms. The highest BCUT2D eigenvalue weighted by Crippen LogP contribution is 2.25. The van der Waals surface area contributed by atoms with E-state index in [9.17, 15) is 9.59 Å². The zero-order chi connectivity index (χ0) is 12.9. The molecule has 0 aliphatic carbocycles. The summed E-state index contributed by atoms with van der Waals surface area (Å²) in [6.07, 6.45) is 3.14. The van der Waals surface area contributed by atoms with Crippen LogP contribution in [-0.2, 0) is 9.59 Å². The maximum atomic E-state index is 12.1. The van der Waals surface area contributed by atoms with Crippen LogP contribution in [0.5, 0.6) is 0 Å². The third-order valence-electron chi connectivity index (χ3n) is 3.14. The summed E-state index contributed by atoms with van der Waals surface area (Å²) in [6, 6.07) is -1.22. The second kappa shape index (κ2) is 5.97. The Hall–Kier alpha value is -1.14. The first-order valence-electron chi connectivity index (χ1n) is 5.95. The molecule has 4 N–H and O–H groups in total. The Morgan fingerprint density at radius 1 is 1.53 bits per heavy atom. The molecule has 0 aromatic carbocycles. The zero-order valence-electron chi connectivity index (χ0n) is 10.0. The summed E-state index contributed by atoms with van der Waals surface area (Å²) in [5.41, 5.74) is -0.655. The van der Waals surface area contributed by atoms with Crippen LogP contribution in [0.15, 0.2) is 0 Å². The lowest BCUT2D eigenvalue weighted by molar-refractivity contribution is -0.144. The summed E-state index contributed by atoms with van der Waals surface area (Å²) in [5, 5.41) is 23.2. The molecule has 0 saturated carbocycles.